The summed E-state index contributed by atoms with van der Waals surface area (Å²) < 4.78 is 5.17. The van der Waals surface area contributed by atoms with Crippen LogP contribution in [-0.4, -0.2) is 40.6 Å². The number of likely N-dealkylation sites (tertiary alicyclic amines) is 1. The van der Waals surface area contributed by atoms with Gasteiger partial charge in [0.1, 0.15) is 0 Å². The molecule has 1 fully saturated rings. The lowest BCUT2D eigenvalue weighted by molar-refractivity contribution is 0.152. The van der Waals surface area contributed by atoms with Gasteiger partial charge in [-0.15, -0.1) is 0 Å². The fraction of sp³-hybridized carbons (Fsp3) is 0.500. The minimum atomic E-state index is -0.164. The Balaban J connectivity index is 1.58. The number of carbonyl (C=O) groups excluding carboxylic acids is 1. The number of urea groups is 1. The van der Waals surface area contributed by atoms with Crippen molar-refractivity contribution >= 4 is 11.7 Å². The van der Waals surface area contributed by atoms with Crippen molar-refractivity contribution in [3.63, 3.8) is 0 Å². The molecule has 1 N–H and O–H groups in total. The zero-order valence-electron chi connectivity index (χ0n) is 15.9. The number of benzene rings is 1. The fourth-order valence-electron chi connectivity index (χ4n) is 3.39. The summed E-state index contributed by atoms with van der Waals surface area (Å²) in [5.74, 6) is 0.674. The number of hydrogen-bond acceptors (Lipinski definition) is 4. The van der Waals surface area contributed by atoms with Gasteiger partial charge in [0.05, 0.1) is 12.2 Å². The van der Waals surface area contributed by atoms with Crippen molar-refractivity contribution in [2.75, 3.05) is 18.9 Å². The quantitative estimate of drug-likeness (QED) is 0.879. The second-order valence-electron chi connectivity index (χ2n) is 7.24. The highest BCUT2D eigenvalue weighted by Crippen LogP contribution is 2.20. The van der Waals surface area contributed by atoms with E-state index in [9.17, 15) is 4.79 Å². The zero-order chi connectivity index (χ0) is 18.5. The predicted octanol–water partition coefficient (Wildman–Crippen LogP) is 4.02. The first-order valence-corrected chi connectivity index (χ1v) is 9.28. The van der Waals surface area contributed by atoms with E-state index in [0.717, 1.165) is 24.5 Å². The maximum atomic E-state index is 12.4. The van der Waals surface area contributed by atoms with Crippen LogP contribution in [0.2, 0.25) is 0 Å². The molecule has 0 spiro atoms. The summed E-state index contributed by atoms with van der Waals surface area (Å²) in [6.07, 6.45) is 3.86. The molecule has 140 valence electrons. The van der Waals surface area contributed by atoms with Gasteiger partial charge in [-0.3, -0.25) is 4.90 Å². The van der Waals surface area contributed by atoms with E-state index in [0.29, 0.717) is 18.3 Å². The van der Waals surface area contributed by atoms with Gasteiger partial charge < -0.3 is 14.7 Å². The second kappa shape index (κ2) is 8.36. The van der Waals surface area contributed by atoms with E-state index >= 15 is 0 Å². The number of piperidine rings is 1. The van der Waals surface area contributed by atoms with Crippen molar-refractivity contribution in [3.8, 4) is 0 Å². The van der Waals surface area contributed by atoms with Gasteiger partial charge in [0.2, 0.25) is 0 Å². The number of hydrogen-bond donors (Lipinski definition) is 1. The summed E-state index contributed by atoms with van der Waals surface area (Å²) in [4.78, 5) is 16.5. The van der Waals surface area contributed by atoms with Crippen LogP contribution in [0.5, 0.6) is 0 Å². The van der Waals surface area contributed by atoms with Crippen molar-refractivity contribution in [1.82, 2.24) is 15.0 Å². The van der Waals surface area contributed by atoms with Gasteiger partial charge in [-0.2, -0.15) is 0 Å². The highest BCUT2D eigenvalue weighted by molar-refractivity contribution is 5.89. The average Bonchev–Trinajstić information content (AvgIpc) is 3.02. The number of nitrogens with zero attached hydrogens (tertiary/aromatic N) is 3. The summed E-state index contributed by atoms with van der Waals surface area (Å²) in [7, 11) is 1.74. The van der Waals surface area contributed by atoms with Gasteiger partial charge in [-0.1, -0.05) is 23.7 Å². The molecule has 1 saturated heterocycles. The van der Waals surface area contributed by atoms with Gasteiger partial charge >= 0.3 is 6.03 Å². The van der Waals surface area contributed by atoms with Crippen LogP contribution >= 0.6 is 0 Å². The number of amides is 2. The molecule has 1 atom stereocenters. The van der Waals surface area contributed by atoms with E-state index in [2.05, 4.69) is 34.4 Å². The molecule has 1 aliphatic rings. The molecule has 6 nitrogen and oxygen atoms in total. The van der Waals surface area contributed by atoms with E-state index in [1.165, 1.54) is 24.8 Å². The van der Waals surface area contributed by atoms with Crippen LogP contribution in [0.1, 0.15) is 43.2 Å². The Kier molecular flexibility index (Phi) is 5.93. The van der Waals surface area contributed by atoms with Crippen molar-refractivity contribution in [3.05, 3.63) is 47.3 Å². The second-order valence-corrected chi connectivity index (χ2v) is 7.24. The van der Waals surface area contributed by atoms with E-state index in [4.69, 9.17) is 4.52 Å². The van der Waals surface area contributed by atoms with Crippen LogP contribution in [0.25, 0.3) is 0 Å². The van der Waals surface area contributed by atoms with Crippen molar-refractivity contribution in [2.24, 2.45) is 0 Å². The highest BCUT2D eigenvalue weighted by Gasteiger charge is 2.18. The fourth-order valence-corrected chi connectivity index (χ4v) is 3.39. The SMILES string of the molecule is Cc1cc(CN(C)C(=O)Nc2cccc(CN3CCCC[C@H]3C)c2)on1. The number of aryl methyl sites for hydroxylation is 1. The van der Waals surface area contributed by atoms with Crippen LogP contribution in [0, 0.1) is 6.92 Å². The molecule has 3 rings (SSSR count). The molecule has 0 radical (unpaired) electrons. The minimum Gasteiger partial charge on any atom is -0.359 e. The molecular formula is C20H28N4O2. The number of rotatable bonds is 5. The average molecular weight is 356 g/mol. The molecule has 1 aromatic heterocycles. The van der Waals surface area contributed by atoms with Gasteiger partial charge in [-0.25, -0.2) is 4.79 Å². The first-order chi connectivity index (χ1) is 12.5. The molecule has 2 amide bonds. The monoisotopic (exact) mass is 356 g/mol. The summed E-state index contributed by atoms with van der Waals surface area (Å²) in [6, 6.07) is 10.4. The Morgan fingerprint density at radius 2 is 2.23 bits per heavy atom. The van der Waals surface area contributed by atoms with Crippen molar-refractivity contribution in [2.45, 2.75) is 52.2 Å². The molecule has 0 aliphatic carbocycles. The van der Waals surface area contributed by atoms with Crippen LogP contribution in [0.15, 0.2) is 34.9 Å². The summed E-state index contributed by atoms with van der Waals surface area (Å²) in [5.41, 5.74) is 2.86. The standard InChI is InChI=1S/C20H28N4O2/c1-15-11-19(26-22-15)14-23(3)20(25)21-18-9-6-8-17(12-18)13-24-10-5-4-7-16(24)2/h6,8-9,11-12,16H,4-5,7,10,13-14H2,1-3H3,(H,21,25)/t16-/m1/s1. The van der Waals surface area contributed by atoms with Gasteiger partial charge in [0.25, 0.3) is 0 Å². The molecule has 0 unspecified atom stereocenters. The van der Waals surface area contributed by atoms with Crippen LogP contribution in [0.4, 0.5) is 10.5 Å². The number of nitrogens with one attached hydrogen (secondary N) is 1. The lowest BCUT2D eigenvalue weighted by atomic mass is 10.0. The number of carbonyl (C=O) groups is 1. The minimum absolute atomic E-state index is 0.164. The Morgan fingerprint density at radius 1 is 1.38 bits per heavy atom. The van der Waals surface area contributed by atoms with Gasteiger partial charge in [0, 0.05) is 31.4 Å². The predicted molar refractivity (Wildman–Crippen MR) is 102 cm³/mol. The maximum absolute atomic E-state index is 12.4. The molecule has 1 aliphatic heterocycles. The number of anilines is 1. The maximum Gasteiger partial charge on any atom is 0.321 e. The normalized spacial score (nSPS) is 17.9. The Labute approximate surface area is 155 Å². The third-order valence-corrected chi connectivity index (χ3v) is 4.92. The van der Waals surface area contributed by atoms with Crippen LogP contribution < -0.4 is 5.32 Å². The lowest BCUT2D eigenvalue weighted by Crippen LogP contribution is -2.36. The molecule has 6 heteroatoms. The Hall–Kier alpha value is -2.34. The van der Waals surface area contributed by atoms with E-state index in [-0.39, 0.29) is 6.03 Å². The van der Waals surface area contributed by atoms with Crippen LogP contribution in [-0.2, 0) is 13.1 Å². The zero-order valence-corrected chi connectivity index (χ0v) is 15.9. The van der Waals surface area contributed by atoms with E-state index in [1.807, 2.05) is 25.1 Å². The molecule has 1 aromatic carbocycles. The largest absolute Gasteiger partial charge is 0.359 e. The smallest absolute Gasteiger partial charge is 0.321 e. The van der Waals surface area contributed by atoms with Gasteiger partial charge in [0.15, 0.2) is 5.76 Å². The first-order valence-electron chi connectivity index (χ1n) is 9.28. The molecule has 0 saturated carbocycles. The third kappa shape index (κ3) is 4.85. The molecular weight excluding hydrogens is 328 g/mol. The van der Waals surface area contributed by atoms with Crippen LogP contribution in [0.3, 0.4) is 0 Å². The van der Waals surface area contributed by atoms with E-state index < -0.39 is 0 Å². The molecule has 26 heavy (non-hydrogen) atoms. The molecule has 2 heterocycles. The summed E-state index contributed by atoms with van der Waals surface area (Å²) in [5, 5.41) is 6.81. The Morgan fingerprint density at radius 3 is 2.96 bits per heavy atom. The highest BCUT2D eigenvalue weighted by atomic mass is 16.5. The van der Waals surface area contributed by atoms with E-state index in [1.54, 1.807) is 11.9 Å². The molecule has 0 bridgehead atoms. The third-order valence-electron chi connectivity index (χ3n) is 4.92. The van der Waals surface area contributed by atoms with Crippen molar-refractivity contribution in [1.29, 1.82) is 0 Å². The first kappa shape index (κ1) is 18.5. The molecule has 2 aromatic rings. The lowest BCUT2D eigenvalue weighted by Gasteiger charge is -2.33. The van der Waals surface area contributed by atoms with Gasteiger partial charge in [-0.05, 0) is 50.9 Å². The summed E-state index contributed by atoms with van der Waals surface area (Å²) >= 11 is 0. The van der Waals surface area contributed by atoms with Crippen molar-refractivity contribution < 1.29 is 9.32 Å². The topological polar surface area (TPSA) is 61.6 Å². The Bertz CT molecular complexity index is 743. The number of aromatic nitrogens is 1. The summed E-state index contributed by atoms with van der Waals surface area (Å²) in [6.45, 7) is 6.62.